The maximum atomic E-state index is 14.8. The predicted molar refractivity (Wildman–Crippen MR) is 147 cm³/mol. The van der Waals surface area contributed by atoms with Crippen LogP contribution in [0.2, 0.25) is 10.0 Å². The van der Waals surface area contributed by atoms with Gasteiger partial charge in [0, 0.05) is 11.1 Å². The van der Waals surface area contributed by atoms with Crippen LogP contribution >= 0.6 is 23.2 Å². The Bertz CT molecular complexity index is 1390. The monoisotopic (exact) mass is 599 g/mol. The van der Waals surface area contributed by atoms with Crippen molar-refractivity contribution in [2.24, 2.45) is 5.92 Å². The molecule has 1 saturated carbocycles. The lowest BCUT2D eigenvalue weighted by atomic mass is 9.85. The summed E-state index contributed by atoms with van der Waals surface area (Å²) in [7, 11) is -3.71. The van der Waals surface area contributed by atoms with Crippen LogP contribution in [0, 0.1) is 11.7 Å². The second kappa shape index (κ2) is 10.7. The molecule has 0 spiro atoms. The van der Waals surface area contributed by atoms with Crippen molar-refractivity contribution >= 4 is 44.9 Å². The molecule has 7 nitrogen and oxygen atoms in total. The number of amides is 1. The molecule has 11 heteroatoms. The van der Waals surface area contributed by atoms with E-state index in [0.717, 1.165) is 0 Å². The zero-order valence-electron chi connectivity index (χ0n) is 22.2. The van der Waals surface area contributed by atoms with Crippen molar-refractivity contribution in [1.82, 2.24) is 4.90 Å². The van der Waals surface area contributed by atoms with Crippen LogP contribution in [0.25, 0.3) is 0 Å². The number of morpholine rings is 1. The highest BCUT2D eigenvalue weighted by Gasteiger charge is 2.56. The number of halogens is 3. The molecule has 1 aliphatic carbocycles. The van der Waals surface area contributed by atoms with E-state index in [1.165, 1.54) is 24.0 Å². The van der Waals surface area contributed by atoms with Crippen LogP contribution in [-0.4, -0.2) is 52.4 Å². The average molecular weight is 601 g/mol. The first kappa shape index (κ1) is 29.8. The largest absolute Gasteiger partial charge is 0.481 e. The summed E-state index contributed by atoms with van der Waals surface area (Å²) in [5.41, 5.74) is -0.949. The van der Waals surface area contributed by atoms with Crippen LogP contribution in [0.15, 0.2) is 42.5 Å². The third-order valence-corrected chi connectivity index (χ3v) is 10.6. The number of hydrogen-bond donors (Lipinski definition) is 1. The number of ether oxygens (including phenoxy) is 1. The van der Waals surface area contributed by atoms with Crippen molar-refractivity contribution in [3.63, 3.8) is 0 Å². The Morgan fingerprint density at radius 1 is 1.18 bits per heavy atom. The fourth-order valence-corrected chi connectivity index (χ4v) is 6.77. The van der Waals surface area contributed by atoms with Gasteiger partial charge in [-0.05, 0) is 81.8 Å². The minimum atomic E-state index is -3.71. The summed E-state index contributed by atoms with van der Waals surface area (Å²) in [5.74, 6) is -3.08. The van der Waals surface area contributed by atoms with Crippen LogP contribution in [0.3, 0.4) is 0 Å². The van der Waals surface area contributed by atoms with Crippen molar-refractivity contribution < 1.29 is 32.2 Å². The molecule has 2 unspecified atom stereocenters. The average Bonchev–Trinajstić information content (AvgIpc) is 3.65. The first-order valence-corrected chi connectivity index (χ1v) is 15.1. The first-order chi connectivity index (χ1) is 18.0. The molecule has 0 aromatic heterocycles. The van der Waals surface area contributed by atoms with E-state index >= 15 is 0 Å². The van der Waals surface area contributed by atoms with Gasteiger partial charge in [-0.15, -0.1) is 0 Å². The number of rotatable bonds is 8. The molecule has 212 valence electrons. The van der Waals surface area contributed by atoms with Crippen LogP contribution in [0.1, 0.15) is 70.2 Å². The quantitative estimate of drug-likeness (QED) is 0.399. The smallest absolute Gasteiger partial charge is 0.306 e. The molecule has 1 aliphatic heterocycles. The molecule has 2 aromatic rings. The third kappa shape index (κ3) is 6.11. The lowest BCUT2D eigenvalue weighted by molar-refractivity contribution is -0.206. The number of aliphatic carboxylic acids is 1. The van der Waals surface area contributed by atoms with Gasteiger partial charge < -0.3 is 14.7 Å². The number of benzene rings is 2. The zero-order valence-corrected chi connectivity index (χ0v) is 24.5. The molecule has 1 heterocycles. The lowest BCUT2D eigenvalue weighted by Gasteiger charge is -2.52. The second-order valence-corrected chi connectivity index (χ2v) is 15.2. The molecular formula is C28H32Cl2FNO6S. The number of sulfone groups is 1. The number of hydrogen-bond acceptors (Lipinski definition) is 5. The van der Waals surface area contributed by atoms with Gasteiger partial charge in [0.1, 0.15) is 11.9 Å². The van der Waals surface area contributed by atoms with E-state index in [2.05, 4.69) is 0 Å². The van der Waals surface area contributed by atoms with Crippen LogP contribution in [-0.2, 0) is 24.2 Å². The number of nitrogens with zero attached hydrogens (tertiary/aromatic N) is 1. The van der Waals surface area contributed by atoms with Gasteiger partial charge in [-0.3, -0.25) is 9.59 Å². The van der Waals surface area contributed by atoms with Crippen molar-refractivity contribution in [3.8, 4) is 0 Å². The topological polar surface area (TPSA) is 101 Å². The maximum absolute atomic E-state index is 14.8. The second-order valence-electron chi connectivity index (χ2n) is 11.5. The molecule has 4 rings (SSSR count). The summed E-state index contributed by atoms with van der Waals surface area (Å²) >= 11 is 12.3. The third-order valence-electron chi connectivity index (χ3n) is 7.46. The van der Waals surface area contributed by atoms with Gasteiger partial charge in [0.25, 0.3) is 5.91 Å². The lowest BCUT2D eigenvalue weighted by Crippen LogP contribution is -2.62. The van der Waals surface area contributed by atoms with Gasteiger partial charge in [0.15, 0.2) is 15.4 Å². The molecule has 2 aromatic carbocycles. The maximum Gasteiger partial charge on any atom is 0.306 e. The van der Waals surface area contributed by atoms with E-state index in [4.69, 9.17) is 27.9 Å². The van der Waals surface area contributed by atoms with E-state index in [1.807, 2.05) is 0 Å². The number of carboxylic acid groups (broad SMARTS) is 1. The summed E-state index contributed by atoms with van der Waals surface area (Å²) < 4.78 is 47.0. The minimum Gasteiger partial charge on any atom is -0.481 e. The van der Waals surface area contributed by atoms with E-state index < -0.39 is 62.5 Å². The molecule has 2 aliphatic rings. The fraction of sp³-hybridized carbons (Fsp3) is 0.500. The number of carboxylic acids is 1. The van der Waals surface area contributed by atoms with E-state index in [0.29, 0.717) is 29.0 Å². The highest BCUT2D eigenvalue weighted by Crippen LogP contribution is 2.51. The number of carbonyl (C=O) groups is 2. The van der Waals surface area contributed by atoms with Crippen LogP contribution in [0.5, 0.6) is 0 Å². The molecule has 2 fully saturated rings. The molecule has 1 saturated heterocycles. The summed E-state index contributed by atoms with van der Waals surface area (Å²) in [5, 5.41) is 9.98. The molecular weight excluding hydrogens is 568 g/mol. The molecule has 1 amide bonds. The highest BCUT2D eigenvalue weighted by atomic mass is 35.5. The van der Waals surface area contributed by atoms with Crippen LogP contribution < -0.4 is 0 Å². The Balaban J connectivity index is 1.97. The Morgan fingerprint density at radius 3 is 2.38 bits per heavy atom. The van der Waals surface area contributed by atoms with Gasteiger partial charge in [-0.1, -0.05) is 41.4 Å². The predicted octanol–water partition coefficient (Wildman–Crippen LogP) is 6.00. The minimum absolute atomic E-state index is 0.113. The summed E-state index contributed by atoms with van der Waals surface area (Å²) in [6.07, 6.45) is -0.225. The van der Waals surface area contributed by atoms with Gasteiger partial charge in [-0.25, -0.2) is 12.8 Å². The molecule has 4 atom stereocenters. The van der Waals surface area contributed by atoms with Crippen molar-refractivity contribution in [1.29, 1.82) is 0 Å². The molecule has 1 N–H and O–H groups in total. The molecule has 0 radical (unpaired) electrons. The Morgan fingerprint density at radius 2 is 1.85 bits per heavy atom. The van der Waals surface area contributed by atoms with Crippen molar-refractivity contribution in [3.05, 3.63) is 69.5 Å². The van der Waals surface area contributed by atoms with Crippen molar-refractivity contribution in [2.45, 2.75) is 75.5 Å². The summed E-state index contributed by atoms with van der Waals surface area (Å²) in [4.78, 5) is 27.6. The van der Waals surface area contributed by atoms with Gasteiger partial charge in [0.05, 0.1) is 28.0 Å². The normalized spacial score (nSPS) is 25.0. The van der Waals surface area contributed by atoms with Crippen LogP contribution in [0.4, 0.5) is 4.39 Å². The van der Waals surface area contributed by atoms with E-state index in [1.54, 1.807) is 51.1 Å². The van der Waals surface area contributed by atoms with Gasteiger partial charge in [-0.2, -0.15) is 0 Å². The Kier molecular flexibility index (Phi) is 8.13. The highest BCUT2D eigenvalue weighted by molar-refractivity contribution is 7.92. The van der Waals surface area contributed by atoms with Crippen molar-refractivity contribution in [2.75, 3.05) is 5.75 Å². The fourth-order valence-electron chi connectivity index (χ4n) is 5.07. The van der Waals surface area contributed by atoms with E-state index in [-0.39, 0.29) is 16.7 Å². The van der Waals surface area contributed by atoms with E-state index in [9.17, 15) is 27.5 Å². The number of carbonyl (C=O) groups excluding carboxylic acids is 1. The Hall–Kier alpha value is -2.20. The Labute approximate surface area is 238 Å². The summed E-state index contributed by atoms with van der Waals surface area (Å²) in [6.45, 7) is 6.20. The first-order valence-electron chi connectivity index (χ1n) is 12.7. The standard InChI is InChI=1S/C28H32Cl2FNO6S/c1-27(2,3)39(36,37)15-22(16-8-9-16)32-24(17-10-11-20(30)21(31)13-17)25(18-6-5-7-19(29)12-18)38-28(4,26(32)35)14-23(33)34/h5-7,10-13,16,22,24-25H,8-9,14-15H2,1-4H3,(H,33,34)/t22?,24?,25-,28-/m1/s1. The summed E-state index contributed by atoms with van der Waals surface area (Å²) in [6, 6.07) is 9.09. The SMILES string of the molecule is CC(C)(C)S(=O)(=O)CC(C1CC1)N1C(=O)[C@@](C)(CC(=O)O)O[C@H](c2cccc(Cl)c2)C1c1ccc(Cl)c(F)c1. The molecule has 0 bridgehead atoms. The van der Waals surface area contributed by atoms with Gasteiger partial charge in [0.2, 0.25) is 0 Å². The molecule has 39 heavy (non-hydrogen) atoms. The zero-order chi connectivity index (χ0) is 28.9. The van der Waals surface area contributed by atoms with Gasteiger partial charge >= 0.3 is 5.97 Å².